The van der Waals surface area contributed by atoms with Crippen LogP contribution in [0.3, 0.4) is 0 Å². The minimum atomic E-state index is -1.23. The first-order valence-electron chi connectivity index (χ1n) is 6.42. The molecule has 6 heteroatoms. The molecule has 0 bridgehead atoms. The van der Waals surface area contributed by atoms with Gasteiger partial charge in [-0.25, -0.2) is 9.59 Å². The number of halogens is 1. The molecule has 0 unspecified atom stereocenters. The lowest BCUT2D eigenvalue weighted by molar-refractivity contribution is -0.144. The number of nitrogens with one attached hydrogen (secondary N) is 2. The molecule has 0 aliphatic carbocycles. The van der Waals surface area contributed by atoms with Gasteiger partial charge in [0.05, 0.1) is 0 Å². The Labute approximate surface area is 126 Å². The van der Waals surface area contributed by atoms with E-state index < -0.39 is 17.5 Å². The molecule has 1 rings (SSSR count). The summed E-state index contributed by atoms with van der Waals surface area (Å²) in [5.74, 6) is -1.02. The molecule has 0 heterocycles. The van der Waals surface area contributed by atoms with Gasteiger partial charge in [0.2, 0.25) is 0 Å². The van der Waals surface area contributed by atoms with Gasteiger partial charge < -0.3 is 15.7 Å². The molecule has 0 atom stereocenters. The number of carbonyl (C=O) groups excluding carboxylic acids is 1. The predicted octanol–water partition coefficient (Wildman–Crippen LogP) is 3.52. The zero-order valence-electron chi connectivity index (χ0n) is 11.8. The summed E-state index contributed by atoms with van der Waals surface area (Å²) in [4.78, 5) is 23.3. The topological polar surface area (TPSA) is 78.4 Å². The molecule has 1 aromatic rings. The highest BCUT2D eigenvalue weighted by Gasteiger charge is 2.36. The van der Waals surface area contributed by atoms with Gasteiger partial charge in [-0.3, -0.25) is 0 Å². The molecule has 3 N–H and O–H groups in total. The average molecular weight is 343 g/mol. The van der Waals surface area contributed by atoms with Gasteiger partial charge in [-0.1, -0.05) is 29.8 Å². The number of carbonyl (C=O) groups is 2. The minimum Gasteiger partial charge on any atom is -0.480 e. The van der Waals surface area contributed by atoms with Crippen molar-refractivity contribution in [3.63, 3.8) is 0 Å². The Balaban J connectivity index is 2.83. The quantitative estimate of drug-likeness (QED) is 0.765. The molecule has 5 nitrogen and oxygen atoms in total. The van der Waals surface area contributed by atoms with Gasteiger partial charge in [0.1, 0.15) is 5.54 Å². The van der Waals surface area contributed by atoms with Gasteiger partial charge >= 0.3 is 12.0 Å². The number of amides is 2. The van der Waals surface area contributed by atoms with Crippen LogP contribution in [0, 0.1) is 6.92 Å². The van der Waals surface area contributed by atoms with Crippen LogP contribution in [0.25, 0.3) is 0 Å². The fourth-order valence-electron chi connectivity index (χ4n) is 1.97. The molecule has 0 aliphatic heterocycles. The van der Waals surface area contributed by atoms with Crippen LogP contribution in [0.4, 0.5) is 10.5 Å². The Kier molecular flexibility index (Phi) is 5.56. The number of rotatable bonds is 5. The van der Waals surface area contributed by atoms with E-state index in [-0.39, 0.29) is 0 Å². The van der Waals surface area contributed by atoms with Crippen molar-refractivity contribution in [1.82, 2.24) is 5.32 Å². The number of carboxylic acids is 1. The summed E-state index contributed by atoms with van der Waals surface area (Å²) in [6.07, 6.45) is 0.646. The molecule has 0 fully saturated rings. The summed E-state index contributed by atoms with van der Waals surface area (Å²) in [6.45, 7) is 5.38. The van der Waals surface area contributed by atoms with Gasteiger partial charge in [0, 0.05) is 10.2 Å². The number of carboxylic acid groups (broad SMARTS) is 1. The van der Waals surface area contributed by atoms with Crippen molar-refractivity contribution in [3.05, 3.63) is 28.2 Å². The number of hydrogen-bond donors (Lipinski definition) is 3. The Morgan fingerprint density at radius 2 is 1.85 bits per heavy atom. The highest BCUT2D eigenvalue weighted by molar-refractivity contribution is 9.10. The summed E-state index contributed by atoms with van der Waals surface area (Å²) in [7, 11) is 0. The number of anilines is 1. The van der Waals surface area contributed by atoms with E-state index in [1.54, 1.807) is 19.9 Å². The van der Waals surface area contributed by atoms with Crippen molar-refractivity contribution < 1.29 is 14.7 Å². The van der Waals surface area contributed by atoms with E-state index in [1.807, 2.05) is 19.1 Å². The highest BCUT2D eigenvalue weighted by Crippen LogP contribution is 2.20. The number of urea groups is 1. The van der Waals surface area contributed by atoms with Gasteiger partial charge in [-0.2, -0.15) is 0 Å². The van der Waals surface area contributed by atoms with Crippen LogP contribution in [0.2, 0.25) is 0 Å². The number of aliphatic carboxylic acids is 1. The second kappa shape index (κ2) is 6.74. The van der Waals surface area contributed by atoms with Gasteiger partial charge in [0.25, 0.3) is 0 Å². The third kappa shape index (κ3) is 3.96. The first kappa shape index (κ1) is 16.5. The monoisotopic (exact) mass is 342 g/mol. The predicted molar refractivity (Wildman–Crippen MR) is 82.0 cm³/mol. The number of aryl methyl sites for hydroxylation is 1. The van der Waals surface area contributed by atoms with Crippen LogP contribution in [0.1, 0.15) is 32.3 Å². The van der Waals surface area contributed by atoms with Crippen LogP contribution in [-0.2, 0) is 4.79 Å². The van der Waals surface area contributed by atoms with E-state index in [0.29, 0.717) is 18.5 Å². The molecule has 0 aromatic heterocycles. The van der Waals surface area contributed by atoms with E-state index in [0.717, 1.165) is 10.0 Å². The zero-order chi connectivity index (χ0) is 15.3. The smallest absolute Gasteiger partial charge is 0.329 e. The maximum atomic E-state index is 12.0. The van der Waals surface area contributed by atoms with Crippen molar-refractivity contribution in [1.29, 1.82) is 0 Å². The molecular formula is C14H19BrN2O3. The summed E-state index contributed by atoms with van der Waals surface area (Å²) in [5, 5.41) is 14.5. The van der Waals surface area contributed by atoms with Crippen molar-refractivity contribution in [2.45, 2.75) is 39.2 Å². The van der Waals surface area contributed by atoms with Crippen molar-refractivity contribution >= 4 is 33.6 Å². The Hall–Kier alpha value is -1.56. The van der Waals surface area contributed by atoms with Crippen LogP contribution >= 0.6 is 15.9 Å². The molecule has 20 heavy (non-hydrogen) atoms. The lowest BCUT2D eigenvalue weighted by Gasteiger charge is -2.28. The van der Waals surface area contributed by atoms with Crippen molar-refractivity contribution in [2.24, 2.45) is 0 Å². The summed E-state index contributed by atoms with van der Waals surface area (Å²) < 4.78 is 0.850. The number of hydrogen-bond acceptors (Lipinski definition) is 2. The third-order valence-electron chi connectivity index (χ3n) is 3.27. The van der Waals surface area contributed by atoms with E-state index in [1.165, 1.54) is 0 Å². The fraction of sp³-hybridized carbons (Fsp3) is 0.429. The van der Waals surface area contributed by atoms with Crippen LogP contribution < -0.4 is 10.6 Å². The Morgan fingerprint density at radius 3 is 2.30 bits per heavy atom. The molecule has 0 saturated heterocycles. The normalized spacial score (nSPS) is 11.0. The van der Waals surface area contributed by atoms with E-state index >= 15 is 0 Å². The van der Waals surface area contributed by atoms with Gasteiger partial charge in [-0.05, 0) is 43.5 Å². The largest absolute Gasteiger partial charge is 0.480 e. The fourth-order valence-corrected chi connectivity index (χ4v) is 2.58. The maximum Gasteiger partial charge on any atom is 0.329 e. The van der Waals surface area contributed by atoms with E-state index in [4.69, 9.17) is 0 Å². The van der Waals surface area contributed by atoms with E-state index in [2.05, 4.69) is 26.6 Å². The van der Waals surface area contributed by atoms with Crippen LogP contribution in [0.15, 0.2) is 22.7 Å². The van der Waals surface area contributed by atoms with E-state index in [9.17, 15) is 14.7 Å². The van der Waals surface area contributed by atoms with Crippen LogP contribution in [-0.4, -0.2) is 22.6 Å². The highest BCUT2D eigenvalue weighted by atomic mass is 79.9. The SMILES string of the molecule is CCC(CC)(NC(=O)Nc1cc(C)cc(Br)c1)C(=O)O. The summed E-state index contributed by atoms with van der Waals surface area (Å²) in [5.41, 5.74) is 0.372. The molecule has 0 aliphatic rings. The third-order valence-corrected chi connectivity index (χ3v) is 3.73. The standard InChI is InChI=1S/C14H19BrN2O3/c1-4-14(5-2,12(18)19)17-13(20)16-11-7-9(3)6-10(15)8-11/h6-8H,4-5H2,1-3H3,(H,18,19)(H2,16,17,20). The molecule has 0 saturated carbocycles. The maximum absolute atomic E-state index is 12.0. The summed E-state index contributed by atoms with van der Waals surface area (Å²) in [6, 6.07) is 4.97. The zero-order valence-corrected chi connectivity index (χ0v) is 13.4. The van der Waals surface area contributed by atoms with Crippen molar-refractivity contribution in [3.8, 4) is 0 Å². The molecule has 110 valence electrons. The second-order valence-electron chi connectivity index (χ2n) is 4.69. The molecule has 1 aromatic carbocycles. The molecule has 0 radical (unpaired) electrons. The first-order valence-corrected chi connectivity index (χ1v) is 7.22. The Bertz CT molecular complexity index is 493. The second-order valence-corrected chi connectivity index (χ2v) is 5.61. The average Bonchev–Trinajstić information content (AvgIpc) is 2.34. The molecule has 0 spiro atoms. The van der Waals surface area contributed by atoms with Crippen molar-refractivity contribution in [2.75, 3.05) is 5.32 Å². The Morgan fingerprint density at radius 1 is 1.25 bits per heavy atom. The number of benzene rings is 1. The lowest BCUT2D eigenvalue weighted by atomic mass is 9.93. The minimum absolute atomic E-state index is 0.323. The van der Waals surface area contributed by atoms with Gasteiger partial charge in [0.15, 0.2) is 0 Å². The summed E-state index contributed by atoms with van der Waals surface area (Å²) >= 11 is 3.35. The lowest BCUT2D eigenvalue weighted by Crippen LogP contribution is -2.54. The van der Waals surface area contributed by atoms with Gasteiger partial charge in [-0.15, -0.1) is 0 Å². The molecular weight excluding hydrogens is 324 g/mol. The molecule has 2 amide bonds. The van der Waals surface area contributed by atoms with Crippen LogP contribution in [0.5, 0.6) is 0 Å². The first-order chi connectivity index (χ1) is 9.32.